The van der Waals surface area contributed by atoms with Crippen LogP contribution in [0.4, 0.5) is 0 Å². The molecule has 2 aromatic rings. The largest absolute Gasteiger partial charge is 0.340 e. The topological polar surface area (TPSA) is 75.2 Å². The number of rotatable bonds is 5. The monoisotopic (exact) mass is 343 g/mol. The number of hydrogen-bond donors (Lipinski definition) is 1. The lowest BCUT2D eigenvalue weighted by molar-refractivity contribution is -0.134. The second-order valence-electron chi connectivity index (χ2n) is 6.66. The van der Waals surface area contributed by atoms with E-state index in [2.05, 4.69) is 5.10 Å². The summed E-state index contributed by atoms with van der Waals surface area (Å²) >= 11 is 0. The zero-order chi connectivity index (χ0) is 17.8. The lowest BCUT2D eigenvalue weighted by Crippen LogP contribution is -2.42. The molecule has 1 aromatic heterocycles. The smallest absolute Gasteiger partial charge is 0.273 e. The highest BCUT2D eigenvalue weighted by Crippen LogP contribution is 2.23. The van der Waals surface area contributed by atoms with E-state index in [1.807, 2.05) is 11.8 Å². The summed E-state index contributed by atoms with van der Waals surface area (Å²) in [5, 5.41) is 3.36. The molecule has 0 spiro atoms. The number of carbonyl (C=O) groups excluding carboxylic acids is 1. The Kier molecular flexibility index (Phi) is 5.36. The van der Waals surface area contributed by atoms with Crippen LogP contribution >= 0.6 is 0 Å². The zero-order valence-electron chi connectivity index (χ0n) is 14.7. The van der Waals surface area contributed by atoms with E-state index in [1.54, 1.807) is 24.3 Å². The summed E-state index contributed by atoms with van der Waals surface area (Å²) in [7, 11) is 0. The molecule has 3 rings (SSSR count). The fourth-order valence-electron chi connectivity index (χ4n) is 3.79. The molecule has 0 saturated heterocycles. The molecule has 0 atom stereocenters. The van der Waals surface area contributed by atoms with Crippen LogP contribution in [0.1, 0.15) is 45.4 Å². The molecule has 134 valence electrons. The maximum Gasteiger partial charge on any atom is 0.273 e. The van der Waals surface area contributed by atoms with Crippen LogP contribution < -0.4 is 11.1 Å². The lowest BCUT2D eigenvalue weighted by Gasteiger charge is -2.33. The van der Waals surface area contributed by atoms with Gasteiger partial charge < -0.3 is 4.90 Å². The van der Waals surface area contributed by atoms with E-state index in [-0.39, 0.29) is 30.0 Å². The van der Waals surface area contributed by atoms with E-state index >= 15 is 0 Å². The van der Waals surface area contributed by atoms with Crippen molar-refractivity contribution in [1.29, 1.82) is 0 Å². The molecule has 1 aliphatic carbocycles. The number of benzene rings is 1. The van der Waals surface area contributed by atoms with Gasteiger partial charge in [-0.15, -0.1) is 0 Å². The SMILES string of the molecule is CCN(C(=O)CCn1[nH]c(=O)c2ccccc2c1=O)C1CCCCC1. The molecule has 0 aliphatic heterocycles. The van der Waals surface area contributed by atoms with Gasteiger partial charge in [0.25, 0.3) is 11.1 Å². The molecule has 0 unspecified atom stereocenters. The van der Waals surface area contributed by atoms with Gasteiger partial charge in [0.15, 0.2) is 0 Å². The standard InChI is InChI=1S/C19H25N3O3/c1-2-21(14-8-4-3-5-9-14)17(23)12-13-22-19(25)16-11-7-6-10-15(16)18(24)20-22/h6-7,10-11,14H,2-5,8-9,12-13H2,1H3,(H,20,24). The zero-order valence-corrected chi connectivity index (χ0v) is 14.7. The van der Waals surface area contributed by atoms with Crippen LogP contribution in [0.15, 0.2) is 33.9 Å². The average molecular weight is 343 g/mol. The van der Waals surface area contributed by atoms with Crippen molar-refractivity contribution >= 4 is 16.7 Å². The molecule has 0 radical (unpaired) electrons. The van der Waals surface area contributed by atoms with Gasteiger partial charge in [0.1, 0.15) is 0 Å². The number of fused-ring (bicyclic) bond motifs is 1. The number of carbonyl (C=O) groups is 1. The van der Waals surface area contributed by atoms with Crippen LogP contribution in [-0.4, -0.2) is 33.2 Å². The molecule has 0 bridgehead atoms. The van der Waals surface area contributed by atoms with Gasteiger partial charge in [-0.2, -0.15) is 0 Å². The first-order valence-electron chi connectivity index (χ1n) is 9.13. The van der Waals surface area contributed by atoms with Gasteiger partial charge in [-0.1, -0.05) is 31.4 Å². The van der Waals surface area contributed by atoms with Crippen molar-refractivity contribution in [1.82, 2.24) is 14.7 Å². The number of aryl methyl sites for hydroxylation is 1. The van der Waals surface area contributed by atoms with E-state index in [9.17, 15) is 14.4 Å². The summed E-state index contributed by atoms with van der Waals surface area (Å²) in [5.74, 6) is 0.0512. The Morgan fingerprint density at radius 2 is 1.84 bits per heavy atom. The first-order valence-corrected chi connectivity index (χ1v) is 9.13. The minimum atomic E-state index is -0.303. The summed E-state index contributed by atoms with van der Waals surface area (Å²) in [6.07, 6.45) is 5.94. The Hall–Kier alpha value is -2.37. The molecule has 1 aromatic carbocycles. The molecule has 1 saturated carbocycles. The molecular formula is C19H25N3O3. The van der Waals surface area contributed by atoms with E-state index in [0.717, 1.165) is 12.8 Å². The van der Waals surface area contributed by atoms with Crippen molar-refractivity contribution in [2.75, 3.05) is 6.54 Å². The number of nitrogens with one attached hydrogen (secondary N) is 1. The first-order chi connectivity index (χ1) is 12.1. The normalized spacial score (nSPS) is 15.4. The summed E-state index contributed by atoms with van der Waals surface area (Å²) < 4.78 is 1.26. The predicted octanol–water partition coefficient (Wildman–Crippen LogP) is 2.26. The second-order valence-corrected chi connectivity index (χ2v) is 6.66. The summed E-state index contributed by atoms with van der Waals surface area (Å²) in [4.78, 5) is 39.2. The maximum atomic E-state index is 12.6. The van der Waals surface area contributed by atoms with Crippen LogP contribution in [0.2, 0.25) is 0 Å². The van der Waals surface area contributed by atoms with Crippen molar-refractivity contribution in [2.45, 2.75) is 58.0 Å². The third-order valence-corrected chi connectivity index (χ3v) is 5.11. The molecule has 25 heavy (non-hydrogen) atoms. The Balaban J connectivity index is 1.75. The molecule has 1 N–H and O–H groups in total. The third kappa shape index (κ3) is 3.67. The highest BCUT2D eigenvalue weighted by molar-refractivity contribution is 5.80. The van der Waals surface area contributed by atoms with Crippen LogP contribution in [0.5, 0.6) is 0 Å². The Morgan fingerprint density at radius 3 is 2.52 bits per heavy atom. The van der Waals surface area contributed by atoms with Crippen molar-refractivity contribution in [3.63, 3.8) is 0 Å². The van der Waals surface area contributed by atoms with E-state index in [4.69, 9.17) is 0 Å². The summed E-state index contributed by atoms with van der Waals surface area (Å²) in [6.45, 7) is 2.88. The summed E-state index contributed by atoms with van der Waals surface area (Å²) in [5.41, 5.74) is -0.564. The molecule has 1 fully saturated rings. The van der Waals surface area contributed by atoms with Gasteiger partial charge in [-0.3, -0.25) is 19.5 Å². The predicted molar refractivity (Wildman–Crippen MR) is 97.7 cm³/mol. The molecule has 1 aliphatic rings. The Labute approximate surface area is 146 Å². The van der Waals surface area contributed by atoms with Crippen LogP contribution in [0, 0.1) is 0 Å². The average Bonchev–Trinajstić information content (AvgIpc) is 2.65. The molecule has 6 nitrogen and oxygen atoms in total. The van der Waals surface area contributed by atoms with Crippen LogP contribution in [0.25, 0.3) is 10.8 Å². The number of hydrogen-bond acceptors (Lipinski definition) is 3. The van der Waals surface area contributed by atoms with Gasteiger partial charge in [-0.25, -0.2) is 4.68 Å². The van der Waals surface area contributed by atoms with E-state index in [1.165, 1.54) is 23.9 Å². The van der Waals surface area contributed by atoms with Crippen molar-refractivity contribution in [3.8, 4) is 0 Å². The van der Waals surface area contributed by atoms with Gasteiger partial charge in [0.05, 0.1) is 17.3 Å². The number of nitrogens with zero attached hydrogens (tertiary/aromatic N) is 2. The fourth-order valence-corrected chi connectivity index (χ4v) is 3.79. The van der Waals surface area contributed by atoms with E-state index in [0.29, 0.717) is 23.4 Å². The van der Waals surface area contributed by atoms with Crippen molar-refractivity contribution in [3.05, 3.63) is 45.0 Å². The van der Waals surface area contributed by atoms with E-state index < -0.39 is 0 Å². The van der Waals surface area contributed by atoms with Crippen LogP contribution in [0.3, 0.4) is 0 Å². The first kappa shape index (κ1) is 17.5. The van der Waals surface area contributed by atoms with Crippen molar-refractivity contribution < 1.29 is 4.79 Å². The number of aromatic nitrogens is 2. The number of amides is 1. The molecule has 1 amide bonds. The minimum absolute atomic E-state index is 0.0512. The maximum absolute atomic E-state index is 12.6. The minimum Gasteiger partial charge on any atom is -0.340 e. The van der Waals surface area contributed by atoms with Gasteiger partial charge in [0.2, 0.25) is 5.91 Å². The quantitative estimate of drug-likeness (QED) is 0.905. The van der Waals surface area contributed by atoms with Gasteiger partial charge >= 0.3 is 0 Å². The number of aromatic amines is 1. The molecular weight excluding hydrogens is 318 g/mol. The highest BCUT2D eigenvalue weighted by Gasteiger charge is 2.23. The highest BCUT2D eigenvalue weighted by atomic mass is 16.2. The third-order valence-electron chi connectivity index (χ3n) is 5.11. The van der Waals surface area contributed by atoms with Gasteiger partial charge in [-0.05, 0) is 31.9 Å². The second kappa shape index (κ2) is 7.68. The lowest BCUT2D eigenvalue weighted by atomic mass is 9.94. The fraction of sp³-hybridized carbons (Fsp3) is 0.526. The molecule has 6 heteroatoms. The van der Waals surface area contributed by atoms with Gasteiger partial charge in [0, 0.05) is 19.0 Å². The Morgan fingerprint density at radius 1 is 1.16 bits per heavy atom. The number of H-pyrrole nitrogens is 1. The van der Waals surface area contributed by atoms with Crippen molar-refractivity contribution in [2.24, 2.45) is 0 Å². The Bertz CT molecular complexity index is 862. The molecule has 1 heterocycles. The van der Waals surface area contributed by atoms with Crippen LogP contribution in [-0.2, 0) is 11.3 Å². The summed E-state index contributed by atoms with van der Waals surface area (Å²) in [6, 6.07) is 7.06.